The first kappa shape index (κ1) is 18.0. The highest BCUT2D eigenvalue weighted by molar-refractivity contribution is 5.74. The third kappa shape index (κ3) is 3.07. The average Bonchev–Trinajstić information content (AvgIpc) is 2.83. The minimum atomic E-state index is -1.11. The van der Waals surface area contributed by atoms with Crippen molar-refractivity contribution in [1.82, 2.24) is 5.32 Å². The molecule has 0 aliphatic heterocycles. The Hall–Kier alpha value is -2.76. The zero-order valence-corrected chi connectivity index (χ0v) is 15.2. The lowest BCUT2D eigenvalue weighted by molar-refractivity contribution is 0.175. The van der Waals surface area contributed by atoms with E-state index in [4.69, 9.17) is 14.6 Å². The molecular weight excluding hydrogens is 337 g/mol. The fraction of sp³-hybridized carbons (Fsp3) is 0.350. The van der Waals surface area contributed by atoms with Crippen LogP contribution < -0.4 is 14.8 Å². The van der Waals surface area contributed by atoms with Gasteiger partial charge in [-0.15, -0.1) is 0 Å². The molecule has 2 N–H and O–H groups in total. The molecule has 26 heavy (non-hydrogen) atoms. The Bertz CT molecular complexity index is 863. The molecule has 0 heterocycles. The molecule has 2 aromatic carbocycles. The number of ether oxygens (including phenoxy) is 2. The first-order valence-electron chi connectivity index (χ1n) is 8.31. The van der Waals surface area contributed by atoms with Crippen molar-refractivity contribution in [3.05, 3.63) is 47.3 Å². The molecule has 6 heteroatoms. The van der Waals surface area contributed by atoms with Crippen LogP contribution in [-0.2, 0) is 6.42 Å². The molecule has 1 atom stereocenters. The van der Waals surface area contributed by atoms with E-state index in [9.17, 15) is 9.18 Å². The van der Waals surface area contributed by atoms with Gasteiger partial charge in [0.15, 0.2) is 0 Å². The number of hydrogen-bond donors (Lipinski definition) is 2. The standard InChI is InChI=1S/C20H22FNO4/c1-20(2)10-11-7-15(13-6-5-12(25-3)8-17(13)26-4)16(21)9-14(11)18(20)22-19(23)24/h5-9,18,22H,10H2,1-4H3,(H,23,24). The van der Waals surface area contributed by atoms with Crippen LogP contribution in [0.15, 0.2) is 30.3 Å². The summed E-state index contributed by atoms with van der Waals surface area (Å²) in [4.78, 5) is 11.1. The predicted molar refractivity (Wildman–Crippen MR) is 96.3 cm³/mol. The molecule has 0 saturated heterocycles. The summed E-state index contributed by atoms with van der Waals surface area (Å²) in [5, 5.41) is 11.6. The number of fused-ring (bicyclic) bond motifs is 1. The van der Waals surface area contributed by atoms with Crippen molar-refractivity contribution < 1.29 is 23.8 Å². The normalized spacial score (nSPS) is 17.5. The number of methoxy groups -OCH3 is 2. The van der Waals surface area contributed by atoms with E-state index in [0.717, 1.165) is 5.56 Å². The second-order valence-electron chi connectivity index (χ2n) is 7.14. The van der Waals surface area contributed by atoms with Crippen molar-refractivity contribution >= 4 is 6.09 Å². The third-order valence-electron chi connectivity index (χ3n) is 4.93. The quantitative estimate of drug-likeness (QED) is 0.849. The largest absolute Gasteiger partial charge is 0.497 e. The van der Waals surface area contributed by atoms with Crippen LogP contribution in [0.1, 0.15) is 31.0 Å². The number of halogens is 1. The number of carboxylic acid groups (broad SMARTS) is 1. The zero-order chi connectivity index (χ0) is 19.1. The summed E-state index contributed by atoms with van der Waals surface area (Å²) in [5.41, 5.74) is 2.33. The van der Waals surface area contributed by atoms with E-state index in [1.54, 1.807) is 31.4 Å². The summed E-state index contributed by atoms with van der Waals surface area (Å²) in [7, 11) is 3.08. The van der Waals surface area contributed by atoms with Gasteiger partial charge in [-0.3, -0.25) is 0 Å². The van der Waals surface area contributed by atoms with Gasteiger partial charge < -0.3 is 19.9 Å². The molecule has 138 valence electrons. The van der Waals surface area contributed by atoms with Gasteiger partial charge >= 0.3 is 6.09 Å². The van der Waals surface area contributed by atoms with E-state index < -0.39 is 18.0 Å². The number of hydrogen-bond acceptors (Lipinski definition) is 3. The van der Waals surface area contributed by atoms with Gasteiger partial charge in [0.25, 0.3) is 0 Å². The molecule has 1 amide bonds. The van der Waals surface area contributed by atoms with Crippen molar-refractivity contribution in [1.29, 1.82) is 0 Å². The van der Waals surface area contributed by atoms with Crippen LogP contribution in [-0.4, -0.2) is 25.4 Å². The highest BCUT2D eigenvalue weighted by Gasteiger charge is 2.40. The first-order valence-corrected chi connectivity index (χ1v) is 8.31. The maximum atomic E-state index is 14.9. The number of rotatable bonds is 4. The average molecular weight is 359 g/mol. The van der Waals surface area contributed by atoms with Gasteiger partial charge in [0.05, 0.1) is 20.3 Å². The van der Waals surface area contributed by atoms with E-state index in [1.165, 1.54) is 13.2 Å². The molecule has 0 saturated carbocycles. The van der Waals surface area contributed by atoms with Crippen LogP contribution in [0, 0.1) is 11.2 Å². The fourth-order valence-corrected chi connectivity index (χ4v) is 3.69. The van der Waals surface area contributed by atoms with Gasteiger partial charge in [-0.1, -0.05) is 13.8 Å². The second kappa shape index (κ2) is 6.52. The summed E-state index contributed by atoms with van der Waals surface area (Å²) in [6, 6.07) is 8.00. The summed E-state index contributed by atoms with van der Waals surface area (Å²) in [5.74, 6) is 0.724. The number of amides is 1. The van der Waals surface area contributed by atoms with E-state index in [2.05, 4.69) is 5.32 Å². The van der Waals surface area contributed by atoms with Crippen LogP contribution >= 0.6 is 0 Å². The van der Waals surface area contributed by atoms with Gasteiger partial charge in [-0.25, -0.2) is 9.18 Å². The van der Waals surface area contributed by atoms with Crippen LogP contribution in [0.4, 0.5) is 9.18 Å². The predicted octanol–water partition coefficient (Wildman–Crippen LogP) is 4.40. The van der Waals surface area contributed by atoms with Crippen LogP contribution in [0.2, 0.25) is 0 Å². The molecule has 0 spiro atoms. The Morgan fingerprint density at radius 1 is 1.19 bits per heavy atom. The van der Waals surface area contributed by atoms with E-state index in [1.807, 2.05) is 13.8 Å². The fourth-order valence-electron chi connectivity index (χ4n) is 3.69. The number of carbonyl (C=O) groups is 1. The van der Waals surface area contributed by atoms with Crippen molar-refractivity contribution in [3.8, 4) is 22.6 Å². The molecule has 5 nitrogen and oxygen atoms in total. The minimum absolute atomic E-state index is 0.338. The molecule has 2 aromatic rings. The lowest BCUT2D eigenvalue weighted by Gasteiger charge is -2.27. The molecule has 0 radical (unpaired) electrons. The SMILES string of the molecule is COc1ccc(-c2cc3c(cc2F)C(NC(=O)O)C(C)(C)C3)c(OC)c1. The van der Waals surface area contributed by atoms with Gasteiger partial charge in [-0.2, -0.15) is 0 Å². The smallest absolute Gasteiger partial charge is 0.405 e. The van der Waals surface area contributed by atoms with Gasteiger partial charge in [-0.05, 0) is 47.2 Å². The molecule has 1 unspecified atom stereocenters. The molecule has 0 fully saturated rings. The Balaban J connectivity index is 2.10. The molecule has 0 aromatic heterocycles. The van der Waals surface area contributed by atoms with E-state index >= 15 is 0 Å². The van der Waals surface area contributed by atoms with Crippen molar-refractivity contribution in [2.24, 2.45) is 5.41 Å². The monoisotopic (exact) mass is 359 g/mol. The maximum Gasteiger partial charge on any atom is 0.405 e. The Morgan fingerprint density at radius 2 is 1.92 bits per heavy atom. The topological polar surface area (TPSA) is 67.8 Å². The van der Waals surface area contributed by atoms with Gasteiger partial charge in [0.2, 0.25) is 0 Å². The number of nitrogens with one attached hydrogen (secondary N) is 1. The van der Waals surface area contributed by atoms with Crippen LogP contribution in [0.5, 0.6) is 11.5 Å². The van der Waals surface area contributed by atoms with Gasteiger partial charge in [0, 0.05) is 17.2 Å². The van der Waals surface area contributed by atoms with Crippen molar-refractivity contribution in [2.45, 2.75) is 26.3 Å². The molecule has 1 aliphatic rings. The lowest BCUT2D eigenvalue weighted by Crippen LogP contribution is -2.34. The van der Waals surface area contributed by atoms with Crippen molar-refractivity contribution in [2.75, 3.05) is 14.2 Å². The lowest BCUT2D eigenvalue weighted by atomic mass is 9.85. The van der Waals surface area contributed by atoms with E-state index in [0.29, 0.717) is 34.6 Å². The third-order valence-corrected chi connectivity index (χ3v) is 4.93. The van der Waals surface area contributed by atoms with E-state index in [-0.39, 0.29) is 5.41 Å². The Morgan fingerprint density at radius 3 is 2.54 bits per heavy atom. The highest BCUT2D eigenvalue weighted by atomic mass is 19.1. The number of benzene rings is 2. The maximum absolute atomic E-state index is 14.9. The van der Waals surface area contributed by atoms with Crippen LogP contribution in [0.25, 0.3) is 11.1 Å². The Labute approximate surface area is 151 Å². The van der Waals surface area contributed by atoms with Crippen molar-refractivity contribution in [3.63, 3.8) is 0 Å². The molecule has 0 bridgehead atoms. The summed E-state index contributed by atoms with van der Waals surface area (Å²) in [6.45, 7) is 3.94. The summed E-state index contributed by atoms with van der Waals surface area (Å²) < 4.78 is 25.5. The minimum Gasteiger partial charge on any atom is -0.497 e. The van der Waals surface area contributed by atoms with Gasteiger partial charge in [0.1, 0.15) is 17.3 Å². The summed E-state index contributed by atoms with van der Waals surface area (Å²) >= 11 is 0. The zero-order valence-electron chi connectivity index (χ0n) is 15.2. The molecule has 3 rings (SSSR count). The summed E-state index contributed by atoms with van der Waals surface area (Å²) in [6.07, 6.45) is -0.462. The highest BCUT2D eigenvalue weighted by Crippen LogP contribution is 2.47. The first-order chi connectivity index (χ1) is 12.3. The molecular formula is C20H22FNO4. The Kier molecular flexibility index (Phi) is 4.52. The second-order valence-corrected chi connectivity index (χ2v) is 7.14. The molecule has 1 aliphatic carbocycles. The van der Waals surface area contributed by atoms with Crippen LogP contribution in [0.3, 0.4) is 0 Å².